The van der Waals surface area contributed by atoms with E-state index in [0.717, 1.165) is 43.0 Å². The van der Waals surface area contributed by atoms with Gasteiger partial charge in [0.05, 0.1) is 24.0 Å². The molecule has 2 aliphatic rings. The van der Waals surface area contributed by atoms with Crippen LogP contribution in [0.1, 0.15) is 57.9 Å². The molecule has 0 bridgehead atoms. The summed E-state index contributed by atoms with van der Waals surface area (Å²) in [5, 5.41) is 13.7. The van der Waals surface area contributed by atoms with Crippen LogP contribution in [0.25, 0.3) is 0 Å². The van der Waals surface area contributed by atoms with Crippen molar-refractivity contribution in [2.45, 2.75) is 58.1 Å². The molecule has 1 unspecified atom stereocenters. The minimum absolute atomic E-state index is 0.120. The van der Waals surface area contributed by atoms with Crippen LogP contribution in [0.3, 0.4) is 0 Å². The van der Waals surface area contributed by atoms with Crippen LogP contribution in [0.5, 0.6) is 0 Å². The van der Waals surface area contributed by atoms with E-state index in [1.807, 2.05) is 11.0 Å². The first kappa shape index (κ1) is 19.3. The van der Waals surface area contributed by atoms with Gasteiger partial charge in [-0.05, 0) is 19.4 Å². The number of aromatic nitrogens is 1. The molecule has 1 saturated heterocycles. The summed E-state index contributed by atoms with van der Waals surface area (Å²) in [5.41, 5.74) is 2.45. The molecule has 0 spiro atoms. The van der Waals surface area contributed by atoms with Crippen molar-refractivity contribution in [3.63, 3.8) is 0 Å². The van der Waals surface area contributed by atoms with Crippen molar-refractivity contribution >= 4 is 11.6 Å². The number of nitrogens with zero attached hydrogens (tertiary/aromatic N) is 3. The summed E-state index contributed by atoms with van der Waals surface area (Å²) in [7, 11) is 0. The van der Waals surface area contributed by atoms with Crippen LogP contribution in [0, 0.1) is 0 Å². The maximum Gasteiger partial charge on any atom is 0.241 e. The van der Waals surface area contributed by atoms with Gasteiger partial charge in [0.25, 0.3) is 0 Å². The normalized spacial score (nSPS) is 23.7. The van der Waals surface area contributed by atoms with E-state index >= 15 is 0 Å². The van der Waals surface area contributed by atoms with Gasteiger partial charge < -0.3 is 15.3 Å². The first-order valence-electron chi connectivity index (χ1n) is 9.76. The quantitative estimate of drug-likeness (QED) is 0.838. The predicted octanol–water partition coefficient (Wildman–Crippen LogP) is 1.83. The molecule has 2 atom stereocenters. The Hall–Kier alpha value is -1.50. The zero-order valence-electron chi connectivity index (χ0n) is 16.5. The monoisotopic (exact) mass is 360 g/mol. The van der Waals surface area contributed by atoms with Crippen LogP contribution < -0.4 is 10.2 Å². The molecule has 26 heavy (non-hydrogen) atoms. The number of fused-ring (bicyclic) bond motifs is 1. The molecular weight excluding hydrogens is 328 g/mol. The number of aliphatic hydroxyl groups excluding tert-OH is 1. The molecule has 144 valence electrons. The Morgan fingerprint density at radius 2 is 2.27 bits per heavy atom. The zero-order chi connectivity index (χ0) is 18.9. The number of aliphatic hydroxyl groups is 1. The maximum absolute atomic E-state index is 13.1. The SMILES string of the molecule is CCCC(O)c1cnc2c(c1)N(C(=O)CN1CCN[C@H](C)C1)CC2(C)C. The van der Waals surface area contributed by atoms with Gasteiger partial charge in [0.1, 0.15) is 0 Å². The van der Waals surface area contributed by atoms with Gasteiger partial charge in [-0.3, -0.25) is 14.7 Å². The molecule has 1 fully saturated rings. The van der Waals surface area contributed by atoms with Crippen molar-refractivity contribution in [3.8, 4) is 0 Å². The van der Waals surface area contributed by atoms with Crippen molar-refractivity contribution in [2.24, 2.45) is 0 Å². The summed E-state index contributed by atoms with van der Waals surface area (Å²) in [4.78, 5) is 21.8. The van der Waals surface area contributed by atoms with Crippen LogP contribution in [-0.2, 0) is 10.2 Å². The largest absolute Gasteiger partial charge is 0.388 e. The second-order valence-electron chi connectivity index (χ2n) is 8.39. The average molecular weight is 361 g/mol. The average Bonchev–Trinajstić information content (AvgIpc) is 2.86. The molecule has 6 nitrogen and oxygen atoms in total. The number of rotatable bonds is 5. The number of nitrogens with one attached hydrogen (secondary N) is 1. The number of anilines is 1. The molecular formula is C20H32N4O2. The standard InChI is InChI=1S/C20H32N4O2/c1-5-6-17(25)15-9-16-19(22-10-15)20(3,4)13-24(16)18(26)12-23-8-7-21-14(2)11-23/h9-10,14,17,21,25H,5-8,11-13H2,1-4H3/t14-,17?/m1/s1. The Bertz CT molecular complexity index is 661. The lowest BCUT2D eigenvalue weighted by atomic mass is 9.91. The van der Waals surface area contributed by atoms with Gasteiger partial charge in [0, 0.05) is 49.4 Å². The second-order valence-corrected chi connectivity index (χ2v) is 8.39. The highest BCUT2D eigenvalue weighted by Gasteiger charge is 2.40. The van der Waals surface area contributed by atoms with Gasteiger partial charge in [-0.25, -0.2) is 0 Å². The predicted molar refractivity (Wildman–Crippen MR) is 103 cm³/mol. The molecule has 0 radical (unpaired) electrons. The third kappa shape index (κ3) is 3.92. The third-order valence-corrected chi connectivity index (χ3v) is 5.43. The van der Waals surface area contributed by atoms with E-state index in [1.54, 1.807) is 6.20 Å². The van der Waals surface area contributed by atoms with Gasteiger partial charge >= 0.3 is 0 Å². The Morgan fingerprint density at radius 1 is 1.50 bits per heavy atom. The molecule has 3 heterocycles. The first-order valence-corrected chi connectivity index (χ1v) is 9.76. The van der Waals surface area contributed by atoms with Gasteiger partial charge in [-0.2, -0.15) is 0 Å². The van der Waals surface area contributed by atoms with Gasteiger partial charge in [-0.1, -0.05) is 27.2 Å². The Morgan fingerprint density at radius 3 is 2.96 bits per heavy atom. The molecule has 0 saturated carbocycles. The lowest BCUT2D eigenvalue weighted by Crippen LogP contribution is -2.52. The molecule has 1 aromatic rings. The van der Waals surface area contributed by atoms with E-state index in [4.69, 9.17) is 0 Å². The Labute approximate surface area is 156 Å². The number of carbonyl (C=O) groups excluding carboxylic acids is 1. The highest BCUT2D eigenvalue weighted by Crippen LogP contribution is 2.40. The number of hydrogen-bond acceptors (Lipinski definition) is 5. The first-order chi connectivity index (χ1) is 12.3. The Balaban J connectivity index is 1.81. The maximum atomic E-state index is 13.1. The number of piperazine rings is 1. The molecule has 0 aromatic carbocycles. The van der Waals surface area contributed by atoms with Gasteiger partial charge in [-0.15, -0.1) is 0 Å². The molecule has 6 heteroatoms. The summed E-state index contributed by atoms with van der Waals surface area (Å²) >= 11 is 0. The van der Waals surface area contributed by atoms with Crippen LogP contribution >= 0.6 is 0 Å². The van der Waals surface area contributed by atoms with Crippen molar-refractivity contribution in [2.75, 3.05) is 37.6 Å². The fraction of sp³-hybridized carbons (Fsp3) is 0.700. The third-order valence-electron chi connectivity index (χ3n) is 5.43. The molecule has 2 N–H and O–H groups in total. The van der Waals surface area contributed by atoms with E-state index in [1.165, 1.54) is 0 Å². The molecule has 1 aromatic heterocycles. The number of amides is 1. The second kappa shape index (κ2) is 7.62. The van der Waals surface area contributed by atoms with Crippen molar-refractivity contribution in [1.82, 2.24) is 15.2 Å². The zero-order valence-corrected chi connectivity index (χ0v) is 16.5. The minimum Gasteiger partial charge on any atom is -0.388 e. The summed E-state index contributed by atoms with van der Waals surface area (Å²) in [6.45, 7) is 12.2. The summed E-state index contributed by atoms with van der Waals surface area (Å²) in [6.07, 6.45) is 2.86. The number of pyridine rings is 1. The van der Waals surface area contributed by atoms with Crippen LogP contribution in [0.4, 0.5) is 5.69 Å². The number of carbonyl (C=O) groups is 1. The molecule has 2 aliphatic heterocycles. The summed E-state index contributed by atoms with van der Waals surface area (Å²) in [6, 6.07) is 2.38. The van der Waals surface area contributed by atoms with Crippen molar-refractivity contribution in [1.29, 1.82) is 0 Å². The molecule has 1 amide bonds. The fourth-order valence-electron chi connectivity index (χ4n) is 4.03. The van der Waals surface area contributed by atoms with E-state index in [9.17, 15) is 9.90 Å². The van der Waals surface area contributed by atoms with E-state index in [2.05, 4.69) is 42.9 Å². The summed E-state index contributed by atoms with van der Waals surface area (Å²) in [5.74, 6) is 0.120. The minimum atomic E-state index is -0.521. The number of hydrogen-bond donors (Lipinski definition) is 2. The van der Waals surface area contributed by atoms with E-state index in [-0.39, 0.29) is 11.3 Å². The molecule has 3 rings (SSSR count). The highest BCUT2D eigenvalue weighted by atomic mass is 16.3. The van der Waals surface area contributed by atoms with Crippen molar-refractivity contribution in [3.05, 3.63) is 23.5 Å². The van der Waals surface area contributed by atoms with Crippen LogP contribution in [0.2, 0.25) is 0 Å². The topological polar surface area (TPSA) is 68.7 Å². The lowest BCUT2D eigenvalue weighted by molar-refractivity contribution is -0.120. The van der Waals surface area contributed by atoms with E-state index < -0.39 is 6.10 Å². The fourth-order valence-corrected chi connectivity index (χ4v) is 4.03. The van der Waals surface area contributed by atoms with Crippen LogP contribution in [0.15, 0.2) is 12.3 Å². The van der Waals surface area contributed by atoms with Gasteiger partial charge in [0.2, 0.25) is 5.91 Å². The highest BCUT2D eigenvalue weighted by molar-refractivity contribution is 5.97. The van der Waals surface area contributed by atoms with Crippen molar-refractivity contribution < 1.29 is 9.90 Å². The molecule has 0 aliphatic carbocycles. The van der Waals surface area contributed by atoms with Crippen LogP contribution in [-0.4, -0.2) is 59.7 Å². The van der Waals surface area contributed by atoms with Gasteiger partial charge in [0.15, 0.2) is 0 Å². The smallest absolute Gasteiger partial charge is 0.241 e. The Kier molecular flexibility index (Phi) is 5.65. The van der Waals surface area contributed by atoms with E-state index in [0.29, 0.717) is 25.6 Å². The summed E-state index contributed by atoms with van der Waals surface area (Å²) < 4.78 is 0. The lowest BCUT2D eigenvalue weighted by Gasteiger charge is -2.32.